The second-order valence-electron chi connectivity index (χ2n) is 10.3. The van der Waals surface area contributed by atoms with Crippen LogP contribution in [0.25, 0.3) is 6.08 Å². The van der Waals surface area contributed by atoms with Gasteiger partial charge in [-0.2, -0.15) is 0 Å². The number of hydrogen-bond acceptors (Lipinski definition) is 10. The number of rotatable bonds is 12. The third-order valence-electron chi connectivity index (χ3n) is 7.15. The number of thiazole rings is 1. The van der Waals surface area contributed by atoms with Gasteiger partial charge >= 0.3 is 11.9 Å². The second-order valence-corrected chi connectivity index (χ2v) is 12.2. The molecule has 47 heavy (non-hydrogen) atoms. The number of carbonyl (C=O) groups excluding carboxylic acids is 2. The van der Waals surface area contributed by atoms with E-state index in [2.05, 4.69) is 25.7 Å². The molecule has 0 radical (unpaired) electrons. The van der Waals surface area contributed by atoms with Crippen LogP contribution in [0.3, 0.4) is 0 Å². The van der Waals surface area contributed by atoms with E-state index in [0.717, 1.165) is 15.6 Å². The summed E-state index contributed by atoms with van der Waals surface area (Å²) in [4.78, 5) is 44.2. The number of esters is 2. The zero-order chi connectivity index (χ0) is 33.5. The molecule has 0 amide bonds. The van der Waals surface area contributed by atoms with E-state index in [1.165, 1.54) is 23.0 Å². The van der Waals surface area contributed by atoms with Crippen LogP contribution in [-0.4, -0.2) is 43.4 Å². The first-order chi connectivity index (χ1) is 22.7. The van der Waals surface area contributed by atoms with Crippen molar-refractivity contribution in [2.75, 3.05) is 26.9 Å². The Morgan fingerprint density at radius 1 is 0.979 bits per heavy atom. The van der Waals surface area contributed by atoms with Gasteiger partial charge in [-0.05, 0) is 79.9 Å². The SMILES string of the molecule is CCOC(=O)C1=C(C)N=c2s/c(=C/c3cccc(OCc4ccc(Br)cc4)c3)c(=O)n2[C@H]1c1ccc(OCC(=O)OC)c(OCC)c1. The molecule has 0 spiro atoms. The van der Waals surface area contributed by atoms with Gasteiger partial charge in [0.15, 0.2) is 22.9 Å². The summed E-state index contributed by atoms with van der Waals surface area (Å²) in [6.45, 7) is 5.80. The minimum absolute atomic E-state index is 0.150. The lowest BCUT2D eigenvalue weighted by molar-refractivity contribution is -0.143. The van der Waals surface area contributed by atoms with Gasteiger partial charge in [-0.3, -0.25) is 9.36 Å². The maximum absolute atomic E-state index is 14.1. The van der Waals surface area contributed by atoms with E-state index in [-0.39, 0.29) is 24.3 Å². The van der Waals surface area contributed by atoms with Crippen LogP contribution >= 0.6 is 27.3 Å². The van der Waals surface area contributed by atoms with Gasteiger partial charge < -0.3 is 23.7 Å². The summed E-state index contributed by atoms with van der Waals surface area (Å²) >= 11 is 4.67. The Balaban J connectivity index is 1.55. The van der Waals surface area contributed by atoms with Crippen molar-refractivity contribution in [1.29, 1.82) is 0 Å². The van der Waals surface area contributed by atoms with Crippen molar-refractivity contribution in [2.24, 2.45) is 4.99 Å². The van der Waals surface area contributed by atoms with Crippen LogP contribution in [-0.2, 0) is 25.7 Å². The molecule has 10 nitrogen and oxygen atoms in total. The van der Waals surface area contributed by atoms with Gasteiger partial charge in [0, 0.05) is 4.47 Å². The first-order valence-corrected chi connectivity index (χ1v) is 16.5. The number of nitrogens with zero attached hydrogens (tertiary/aromatic N) is 2. The van der Waals surface area contributed by atoms with Crippen molar-refractivity contribution in [2.45, 2.75) is 33.4 Å². The highest BCUT2D eigenvalue weighted by atomic mass is 79.9. The van der Waals surface area contributed by atoms with Crippen LogP contribution in [0.4, 0.5) is 0 Å². The molecule has 1 aromatic heterocycles. The lowest BCUT2D eigenvalue weighted by Crippen LogP contribution is -2.40. The van der Waals surface area contributed by atoms with Crippen molar-refractivity contribution in [1.82, 2.24) is 4.57 Å². The van der Waals surface area contributed by atoms with Gasteiger partial charge in [-0.15, -0.1) is 0 Å². The van der Waals surface area contributed by atoms with Crippen molar-refractivity contribution in [3.05, 3.63) is 119 Å². The predicted octanol–water partition coefficient (Wildman–Crippen LogP) is 5.09. The first kappa shape index (κ1) is 33.7. The van der Waals surface area contributed by atoms with Gasteiger partial charge in [-0.1, -0.05) is 57.6 Å². The molecular weight excluding hydrogens is 688 g/mol. The lowest BCUT2D eigenvalue weighted by atomic mass is 9.95. The van der Waals surface area contributed by atoms with Crippen LogP contribution in [0.15, 0.2) is 92.3 Å². The Bertz CT molecular complexity index is 2000. The van der Waals surface area contributed by atoms with E-state index in [9.17, 15) is 14.4 Å². The quantitative estimate of drug-likeness (QED) is 0.186. The minimum atomic E-state index is -0.859. The summed E-state index contributed by atoms with van der Waals surface area (Å²) in [5, 5.41) is 0. The van der Waals surface area contributed by atoms with Crippen LogP contribution in [0.2, 0.25) is 0 Å². The normalized spacial score (nSPS) is 14.2. The Hall–Kier alpha value is -4.68. The maximum atomic E-state index is 14.1. The molecule has 0 saturated heterocycles. The molecule has 0 unspecified atom stereocenters. The third kappa shape index (κ3) is 7.83. The Labute approximate surface area is 283 Å². The topological polar surface area (TPSA) is 115 Å². The molecule has 5 rings (SSSR count). The van der Waals surface area contributed by atoms with Crippen molar-refractivity contribution in [3.8, 4) is 17.2 Å². The molecule has 4 aromatic rings. The van der Waals surface area contributed by atoms with E-state index in [1.54, 1.807) is 38.1 Å². The summed E-state index contributed by atoms with van der Waals surface area (Å²) in [6.07, 6.45) is 1.78. The van der Waals surface area contributed by atoms with Crippen LogP contribution in [0, 0.1) is 0 Å². The molecule has 0 N–H and O–H groups in total. The molecule has 12 heteroatoms. The van der Waals surface area contributed by atoms with Gasteiger partial charge in [0.05, 0.1) is 42.2 Å². The highest BCUT2D eigenvalue weighted by Crippen LogP contribution is 2.36. The molecule has 1 atom stereocenters. The lowest BCUT2D eigenvalue weighted by Gasteiger charge is -2.25. The van der Waals surface area contributed by atoms with Gasteiger partial charge in [0.2, 0.25) is 0 Å². The number of carbonyl (C=O) groups is 2. The molecule has 1 aliphatic rings. The number of benzene rings is 3. The molecule has 244 valence electrons. The number of allylic oxidation sites excluding steroid dienone is 1. The third-order valence-corrected chi connectivity index (χ3v) is 8.66. The smallest absolute Gasteiger partial charge is 0.343 e. The Morgan fingerprint density at radius 2 is 1.77 bits per heavy atom. The number of halogens is 1. The standard InChI is InChI=1S/C35H33BrN2O8S/c1-5-43-28-18-24(12-15-27(28)46-20-30(39)42-4)32-31(34(41)44-6-2)21(3)37-35-38(32)33(40)29(47-35)17-23-8-7-9-26(16-23)45-19-22-10-13-25(36)14-11-22/h7-18,32H,5-6,19-20H2,1-4H3/b29-17+/t32-/m0/s1. The van der Waals surface area contributed by atoms with E-state index in [4.69, 9.17) is 18.9 Å². The first-order valence-electron chi connectivity index (χ1n) is 14.9. The number of ether oxygens (including phenoxy) is 5. The fourth-order valence-electron chi connectivity index (χ4n) is 4.98. The monoisotopic (exact) mass is 720 g/mol. The highest BCUT2D eigenvalue weighted by Gasteiger charge is 2.34. The van der Waals surface area contributed by atoms with Gasteiger partial charge in [-0.25, -0.2) is 14.6 Å². The van der Waals surface area contributed by atoms with Crippen molar-refractivity contribution < 1.29 is 33.3 Å². The average Bonchev–Trinajstić information content (AvgIpc) is 3.36. The second kappa shape index (κ2) is 15.3. The molecule has 0 saturated carbocycles. The Kier molecular flexibility index (Phi) is 10.9. The van der Waals surface area contributed by atoms with Crippen molar-refractivity contribution >= 4 is 45.3 Å². The average molecular weight is 722 g/mol. The maximum Gasteiger partial charge on any atom is 0.343 e. The molecular formula is C35H33BrN2O8S. The van der Waals surface area contributed by atoms with Gasteiger partial charge in [0.1, 0.15) is 12.4 Å². The van der Waals surface area contributed by atoms with Crippen molar-refractivity contribution in [3.63, 3.8) is 0 Å². The van der Waals surface area contributed by atoms with E-state index in [1.807, 2.05) is 55.5 Å². The summed E-state index contributed by atoms with van der Waals surface area (Å²) in [6, 6.07) is 19.6. The summed E-state index contributed by atoms with van der Waals surface area (Å²) in [5.74, 6) is 0.190. The fourth-order valence-corrected chi connectivity index (χ4v) is 6.29. The predicted molar refractivity (Wildman–Crippen MR) is 180 cm³/mol. The largest absolute Gasteiger partial charge is 0.490 e. The number of fused-ring (bicyclic) bond motifs is 1. The zero-order valence-corrected chi connectivity index (χ0v) is 28.7. The van der Waals surface area contributed by atoms with Crippen LogP contribution in [0.5, 0.6) is 17.2 Å². The highest BCUT2D eigenvalue weighted by molar-refractivity contribution is 9.10. The molecule has 0 bridgehead atoms. The van der Waals surface area contributed by atoms with Gasteiger partial charge in [0.25, 0.3) is 5.56 Å². The number of methoxy groups -OCH3 is 1. The summed E-state index contributed by atoms with van der Waals surface area (Å²) in [5.41, 5.74) is 2.72. The Morgan fingerprint density at radius 3 is 2.49 bits per heavy atom. The minimum Gasteiger partial charge on any atom is -0.490 e. The summed E-state index contributed by atoms with van der Waals surface area (Å²) in [7, 11) is 1.27. The number of hydrogen-bond donors (Lipinski definition) is 0. The van der Waals surface area contributed by atoms with E-state index < -0.39 is 18.0 Å². The fraction of sp³-hybridized carbons (Fsp3) is 0.257. The number of aromatic nitrogens is 1. The summed E-state index contributed by atoms with van der Waals surface area (Å²) < 4.78 is 30.5. The molecule has 0 aliphatic carbocycles. The van der Waals surface area contributed by atoms with Crippen LogP contribution < -0.4 is 29.1 Å². The molecule has 0 fully saturated rings. The molecule has 2 heterocycles. The zero-order valence-electron chi connectivity index (χ0n) is 26.3. The van der Waals surface area contributed by atoms with E-state index in [0.29, 0.717) is 51.1 Å². The molecule has 1 aliphatic heterocycles. The molecule has 3 aromatic carbocycles. The van der Waals surface area contributed by atoms with E-state index >= 15 is 0 Å². The van der Waals surface area contributed by atoms with Crippen LogP contribution in [0.1, 0.15) is 43.5 Å².